The van der Waals surface area contributed by atoms with Crippen LogP contribution < -0.4 is 5.32 Å². The maximum Gasteiger partial charge on any atom is 0.253 e. The summed E-state index contributed by atoms with van der Waals surface area (Å²) in [5.74, 6) is -0.678. The number of hydrogen-bond acceptors (Lipinski definition) is 9. The second-order valence-electron chi connectivity index (χ2n) is 7.47. The van der Waals surface area contributed by atoms with Gasteiger partial charge in [-0.25, -0.2) is 4.68 Å². The van der Waals surface area contributed by atoms with Gasteiger partial charge >= 0.3 is 0 Å². The normalized spacial score (nSPS) is 13.3. The van der Waals surface area contributed by atoms with Gasteiger partial charge < -0.3 is 24.3 Å². The number of ether oxygens (including phenoxy) is 4. The quantitative estimate of drug-likeness (QED) is 0.203. The zero-order valence-corrected chi connectivity index (χ0v) is 19.8. The van der Waals surface area contributed by atoms with E-state index in [0.717, 1.165) is 24.3 Å². The molecule has 2 rings (SSSR count). The van der Waals surface area contributed by atoms with Gasteiger partial charge in [0.2, 0.25) is 5.91 Å². The van der Waals surface area contributed by atoms with Gasteiger partial charge in [0, 0.05) is 25.1 Å². The molecule has 190 valence electrons. The van der Waals surface area contributed by atoms with E-state index in [9.17, 15) is 14.4 Å². The van der Waals surface area contributed by atoms with Crippen LogP contribution in [-0.4, -0.2) is 97.0 Å². The van der Waals surface area contributed by atoms with E-state index in [1.165, 1.54) is 12.2 Å². The molecule has 0 unspecified atom stereocenters. The summed E-state index contributed by atoms with van der Waals surface area (Å²) in [5.41, 5.74) is 0.534. The van der Waals surface area contributed by atoms with Gasteiger partial charge in [-0.2, -0.15) is 0 Å². The molecule has 0 radical (unpaired) electrons. The maximum absolute atomic E-state index is 11.6. The Morgan fingerprint density at radius 2 is 1.50 bits per heavy atom. The average molecular weight is 482 g/mol. The van der Waals surface area contributed by atoms with Crippen molar-refractivity contribution in [3.63, 3.8) is 0 Å². The third-order valence-electron chi connectivity index (χ3n) is 4.71. The van der Waals surface area contributed by atoms with Crippen LogP contribution >= 0.6 is 0 Å². The number of aromatic nitrogens is 3. The zero-order chi connectivity index (χ0) is 24.4. The molecule has 0 saturated carbocycles. The van der Waals surface area contributed by atoms with Crippen molar-refractivity contribution in [1.82, 2.24) is 25.2 Å². The zero-order valence-electron chi connectivity index (χ0n) is 19.8. The first-order chi connectivity index (χ1) is 16.6. The Kier molecular flexibility index (Phi) is 13.7. The van der Waals surface area contributed by atoms with Crippen molar-refractivity contribution in [1.29, 1.82) is 0 Å². The Morgan fingerprint density at radius 1 is 0.912 bits per heavy atom. The number of rotatable bonds is 20. The minimum atomic E-state index is -0.347. The second-order valence-corrected chi connectivity index (χ2v) is 7.47. The first-order valence-electron chi connectivity index (χ1n) is 11.6. The highest BCUT2D eigenvalue weighted by atomic mass is 16.6. The van der Waals surface area contributed by atoms with Gasteiger partial charge in [-0.05, 0) is 6.42 Å². The van der Waals surface area contributed by atoms with Crippen molar-refractivity contribution in [2.45, 2.75) is 39.3 Å². The molecule has 1 aliphatic heterocycles. The van der Waals surface area contributed by atoms with Gasteiger partial charge in [0.1, 0.15) is 5.69 Å². The van der Waals surface area contributed by atoms with Crippen LogP contribution in [0.4, 0.5) is 0 Å². The molecule has 1 aliphatic rings. The Hall–Kier alpha value is -2.67. The largest absolute Gasteiger partial charge is 0.379 e. The average Bonchev–Trinajstić information content (AvgIpc) is 3.41. The summed E-state index contributed by atoms with van der Waals surface area (Å²) < 4.78 is 23.3. The van der Waals surface area contributed by atoms with Crippen LogP contribution in [-0.2, 0) is 46.4 Å². The smallest absolute Gasteiger partial charge is 0.253 e. The van der Waals surface area contributed by atoms with Crippen molar-refractivity contribution in [2.24, 2.45) is 0 Å². The molecular weight excluding hydrogens is 446 g/mol. The summed E-state index contributed by atoms with van der Waals surface area (Å²) in [6, 6.07) is 0. The summed E-state index contributed by atoms with van der Waals surface area (Å²) in [5, 5.41) is 10.8. The fourth-order valence-electron chi connectivity index (χ4n) is 2.85. The third-order valence-corrected chi connectivity index (χ3v) is 4.71. The number of nitrogens with zero attached hydrogens (tertiary/aromatic N) is 4. The van der Waals surface area contributed by atoms with Crippen molar-refractivity contribution in [3.8, 4) is 0 Å². The Bertz CT molecular complexity index is 765. The fraction of sp³-hybridized carbons (Fsp3) is 0.682. The van der Waals surface area contributed by atoms with Gasteiger partial charge in [-0.3, -0.25) is 19.3 Å². The second kappa shape index (κ2) is 16.9. The molecule has 1 aromatic heterocycles. The molecule has 34 heavy (non-hydrogen) atoms. The number of hydrogen-bond donors (Lipinski definition) is 1. The van der Waals surface area contributed by atoms with Gasteiger partial charge in [0.25, 0.3) is 11.8 Å². The third kappa shape index (κ3) is 11.5. The van der Waals surface area contributed by atoms with E-state index in [2.05, 4.69) is 22.6 Å². The molecule has 0 spiro atoms. The molecule has 0 atom stereocenters. The Balaban J connectivity index is 1.34. The van der Waals surface area contributed by atoms with E-state index in [-0.39, 0.29) is 24.3 Å². The number of nitrogens with one attached hydrogen (secondary N) is 1. The minimum absolute atomic E-state index is 0.0155. The number of carbonyl (C=O) groups is 3. The number of amides is 3. The Labute approximate surface area is 199 Å². The molecule has 0 fully saturated rings. The van der Waals surface area contributed by atoms with Crippen molar-refractivity contribution in [3.05, 3.63) is 24.0 Å². The molecule has 1 aromatic rings. The molecule has 0 saturated heterocycles. The first-order valence-corrected chi connectivity index (χ1v) is 11.6. The van der Waals surface area contributed by atoms with Gasteiger partial charge in [0.05, 0.1) is 72.1 Å². The molecule has 12 heteroatoms. The van der Waals surface area contributed by atoms with Crippen LogP contribution in [0.2, 0.25) is 0 Å². The fourth-order valence-corrected chi connectivity index (χ4v) is 2.85. The number of carbonyl (C=O) groups excluding carboxylic acids is 3. The van der Waals surface area contributed by atoms with Crippen LogP contribution in [0.3, 0.4) is 0 Å². The molecule has 0 bridgehead atoms. The van der Waals surface area contributed by atoms with Crippen LogP contribution in [0.1, 0.15) is 31.9 Å². The molecule has 2 heterocycles. The van der Waals surface area contributed by atoms with Gasteiger partial charge in [-0.15, -0.1) is 5.10 Å². The SMILES string of the molecule is CCCCNC(=O)CCOCCOCCOCCOCCn1cc(CN2C(=O)C=CC2=O)nn1. The predicted molar refractivity (Wildman–Crippen MR) is 121 cm³/mol. The van der Waals surface area contributed by atoms with E-state index in [4.69, 9.17) is 18.9 Å². The number of unbranched alkanes of at least 4 members (excludes halogenated alkanes) is 1. The summed E-state index contributed by atoms with van der Waals surface area (Å²) >= 11 is 0. The minimum Gasteiger partial charge on any atom is -0.379 e. The van der Waals surface area contributed by atoms with Gasteiger partial charge in [-0.1, -0.05) is 18.6 Å². The predicted octanol–water partition coefficient (Wildman–Crippen LogP) is 0.0759. The lowest BCUT2D eigenvalue weighted by Crippen LogP contribution is -2.29. The van der Waals surface area contributed by atoms with Gasteiger partial charge in [0.15, 0.2) is 0 Å². The van der Waals surface area contributed by atoms with E-state index < -0.39 is 0 Å². The van der Waals surface area contributed by atoms with Crippen molar-refractivity contribution in [2.75, 3.05) is 59.4 Å². The lowest BCUT2D eigenvalue weighted by atomic mass is 10.3. The highest BCUT2D eigenvalue weighted by Crippen LogP contribution is 2.08. The molecular formula is C22H35N5O7. The van der Waals surface area contributed by atoms with Crippen LogP contribution in [0.15, 0.2) is 18.3 Å². The summed E-state index contributed by atoms with van der Waals surface area (Å²) in [6.45, 7) is 6.91. The maximum atomic E-state index is 11.6. The van der Waals surface area contributed by atoms with E-state index in [1.807, 2.05) is 0 Å². The monoisotopic (exact) mass is 481 g/mol. The lowest BCUT2D eigenvalue weighted by Gasteiger charge is -2.10. The standard InChI is InChI=1S/C22H35N5O7/c1-2-3-7-23-20(28)6-9-31-11-13-33-15-16-34-14-12-32-10-8-26-17-19(24-25-26)18-27-21(29)4-5-22(27)30/h4-5,17H,2-3,6-16,18H2,1H3,(H,23,28). The van der Waals surface area contributed by atoms with Crippen molar-refractivity contribution >= 4 is 17.7 Å². The summed E-state index contributed by atoms with van der Waals surface area (Å²) in [6.07, 6.45) is 6.58. The van der Waals surface area contributed by atoms with Crippen molar-refractivity contribution < 1.29 is 33.3 Å². The topological polar surface area (TPSA) is 134 Å². The number of imide groups is 1. The Morgan fingerprint density at radius 3 is 2.12 bits per heavy atom. The molecule has 0 aliphatic carbocycles. The van der Waals surface area contributed by atoms with E-state index >= 15 is 0 Å². The summed E-state index contributed by atoms with van der Waals surface area (Å²) in [7, 11) is 0. The van der Waals surface area contributed by atoms with Crippen LogP contribution in [0.25, 0.3) is 0 Å². The molecule has 1 N–H and O–H groups in total. The van der Waals surface area contributed by atoms with Crippen LogP contribution in [0, 0.1) is 0 Å². The highest BCUT2D eigenvalue weighted by molar-refractivity contribution is 6.12. The molecule has 0 aromatic carbocycles. The van der Waals surface area contributed by atoms with Crippen LogP contribution in [0.5, 0.6) is 0 Å². The lowest BCUT2D eigenvalue weighted by molar-refractivity contribution is -0.137. The first kappa shape index (κ1) is 27.6. The van der Waals surface area contributed by atoms with E-state index in [0.29, 0.717) is 71.5 Å². The van der Waals surface area contributed by atoms with E-state index in [1.54, 1.807) is 10.9 Å². The highest BCUT2D eigenvalue weighted by Gasteiger charge is 2.24. The summed E-state index contributed by atoms with van der Waals surface area (Å²) in [4.78, 5) is 35.7. The molecule has 12 nitrogen and oxygen atoms in total. The molecule has 3 amide bonds.